The summed E-state index contributed by atoms with van der Waals surface area (Å²) in [5.41, 5.74) is 2.24. The molecule has 1 heterocycles. The number of hydrogen-bond acceptors (Lipinski definition) is 3. The molecular formula is C15H25N3. The van der Waals surface area contributed by atoms with Crippen molar-refractivity contribution in [3.8, 4) is 0 Å². The van der Waals surface area contributed by atoms with E-state index in [0.717, 1.165) is 36.2 Å². The molecule has 0 amide bonds. The second-order valence-corrected chi connectivity index (χ2v) is 5.60. The molecule has 0 spiro atoms. The molecule has 0 unspecified atom stereocenters. The van der Waals surface area contributed by atoms with Crippen LogP contribution in [0, 0.1) is 12.8 Å². The van der Waals surface area contributed by atoms with Crippen LogP contribution in [0.1, 0.15) is 62.7 Å². The molecular weight excluding hydrogens is 222 g/mol. The first kappa shape index (κ1) is 13.5. The molecule has 1 N–H and O–H groups in total. The molecule has 2 rings (SSSR count). The Morgan fingerprint density at radius 3 is 2.61 bits per heavy atom. The summed E-state index contributed by atoms with van der Waals surface area (Å²) in [7, 11) is 0. The van der Waals surface area contributed by atoms with Crippen LogP contribution < -0.4 is 5.32 Å². The second-order valence-electron chi connectivity index (χ2n) is 5.60. The Balaban J connectivity index is 2.09. The Morgan fingerprint density at radius 1 is 1.22 bits per heavy atom. The van der Waals surface area contributed by atoms with Crippen LogP contribution in [0.15, 0.2) is 6.07 Å². The smallest absolute Gasteiger partial charge is 0.131 e. The van der Waals surface area contributed by atoms with Crippen LogP contribution in [0.3, 0.4) is 0 Å². The molecule has 1 aromatic rings. The van der Waals surface area contributed by atoms with E-state index in [4.69, 9.17) is 4.98 Å². The molecule has 0 saturated heterocycles. The van der Waals surface area contributed by atoms with Crippen molar-refractivity contribution in [2.75, 3.05) is 6.54 Å². The summed E-state index contributed by atoms with van der Waals surface area (Å²) in [6, 6.07) is 2.09. The summed E-state index contributed by atoms with van der Waals surface area (Å²) in [6.45, 7) is 8.39. The van der Waals surface area contributed by atoms with Crippen LogP contribution in [0.25, 0.3) is 0 Å². The third kappa shape index (κ3) is 3.52. The Morgan fingerprint density at radius 2 is 1.94 bits per heavy atom. The fraction of sp³-hybridized carbons (Fsp3) is 0.733. The quantitative estimate of drug-likeness (QED) is 0.888. The van der Waals surface area contributed by atoms with Crippen molar-refractivity contribution in [3.63, 3.8) is 0 Å². The Kier molecular flexibility index (Phi) is 4.70. The third-order valence-electron chi connectivity index (χ3n) is 3.86. The lowest BCUT2D eigenvalue weighted by atomic mass is 9.82. The Hall–Kier alpha value is -0.960. The van der Waals surface area contributed by atoms with Gasteiger partial charge < -0.3 is 5.32 Å². The molecule has 18 heavy (non-hydrogen) atoms. The maximum Gasteiger partial charge on any atom is 0.131 e. The van der Waals surface area contributed by atoms with Gasteiger partial charge in [-0.3, -0.25) is 0 Å². The number of aromatic nitrogens is 2. The second kappa shape index (κ2) is 6.28. The van der Waals surface area contributed by atoms with Crippen molar-refractivity contribution < 1.29 is 0 Å². The van der Waals surface area contributed by atoms with E-state index < -0.39 is 0 Å². The number of aryl methyl sites for hydroxylation is 1. The molecule has 3 heteroatoms. The van der Waals surface area contributed by atoms with E-state index in [1.165, 1.54) is 25.7 Å². The van der Waals surface area contributed by atoms with Gasteiger partial charge in [0.25, 0.3) is 0 Å². The first-order valence-corrected chi connectivity index (χ1v) is 7.24. The molecule has 0 atom stereocenters. The van der Waals surface area contributed by atoms with E-state index in [1.807, 2.05) is 0 Å². The SMILES string of the molecule is CCNCc1cc(C)nc(C2CCC(C)CC2)n1. The maximum atomic E-state index is 4.75. The summed E-state index contributed by atoms with van der Waals surface area (Å²) in [6.07, 6.45) is 5.16. The van der Waals surface area contributed by atoms with E-state index in [2.05, 4.69) is 37.1 Å². The molecule has 1 aromatic heterocycles. The zero-order chi connectivity index (χ0) is 13.0. The molecule has 1 saturated carbocycles. The van der Waals surface area contributed by atoms with Crippen molar-refractivity contribution in [2.24, 2.45) is 5.92 Å². The zero-order valence-electron chi connectivity index (χ0n) is 11.9. The van der Waals surface area contributed by atoms with Crippen LogP contribution in [-0.2, 0) is 6.54 Å². The molecule has 0 aromatic carbocycles. The van der Waals surface area contributed by atoms with Crippen LogP contribution in [-0.4, -0.2) is 16.5 Å². The Bertz CT molecular complexity index is 381. The van der Waals surface area contributed by atoms with Crippen LogP contribution in [0.2, 0.25) is 0 Å². The zero-order valence-corrected chi connectivity index (χ0v) is 11.9. The van der Waals surface area contributed by atoms with Crippen LogP contribution in [0.5, 0.6) is 0 Å². The highest BCUT2D eigenvalue weighted by Crippen LogP contribution is 2.33. The lowest BCUT2D eigenvalue weighted by Gasteiger charge is -2.25. The molecule has 0 bridgehead atoms. The van der Waals surface area contributed by atoms with Gasteiger partial charge >= 0.3 is 0 Å². The summed E-state index contributed by atoms with van der Waals surface area (Å²) in [5.74, 6) is 2.54. The normalized spacial score (nSPS) is 24.2. The summed E-state index contributed by atoms with van der Waals surface area (Å²) in [4.78, 5) is 9.40. The van der Waals surface area contributed by atoms with Gasteiger partial charge in [-0.2, -0.15) is 0 Å². The van der Waals surface area contributed by atoms with Crippen molar-refractivity contribution in [3.05, 3.63) is 23.3 Å². The molecule has 0 radical (unpaired) electrons. The van der Waals surface area contributed by atoms with Gasteiger partial charge in [0.05, 0.1) is 5.69 Å². The highest BCUT2D eigenvalue weighted by molar-refractivity contribution is 5.12. The summed E-state index contributed by atoms with van der Waals surface area (Å²) >= 11 is 0. The van der Waals surface area contributed by atoms with Gasteiger partial charge in [0.15, 0.2) is 0 Å². The lowest BCUT2D eigenvalue weighted by molar-refractivity contribution is 0.339. The highest BCUT2D eigenvalue weighted by Gasteiger charge is 2.22. The van der Waals surface area contributed by atoms with Gasteiger partial charge in [0.2, 0.25) is 0 Å². The van der Waals surface area contributed by atoms with Gasteiger partial charge in [0.1, 0.15) is 5.82 Å². The van der Waals surface area contributed by atoms with Crippen LogP contribution >= 0.6 is 0 Å². The summed E-state index contributed by atoms with van der Waals surface area (Å²) in [5, 5.41) is 3.34. The predicted octanol–water partition coefficient (Wildman–Crippen LogP) is 3.19. The first-order valence-electron chi connectivity index (χ1n) is 7.24. The van der Waals surface area contributed by atoms with E-state index in [0.29, 0.717) is 5.92 Å². The molecule has 100 valence electrons. The van der Waals surface area contributed by atoms with Gasteiger partial charge in [-0.05, 0) is 38.3 Å². The van der Waals surface area contributed by atoms with Crippen molar-refractivity contribution in [2.45, 2.75) is 58.9 Å². The molecule has 1 fully saturated rings. The van der Waals surface area contributed by atoms with Gasteiger partial charge in [-0.15, -0.1) is 0 Å². The van der Waals surface area contributed by atoms with E-state index >= 15 is 0 Å². The fourth-order valence-corrected chi connectivity index (χ4v) is 2.70. The van der Waals surface area contributed by atoms with Crippen molar-refractivity contribution in [1.29, 1.82) is 0 Å². The van der Waals surface area contributed by atoms with E-state index in [9.17, 15) is 0 Å². The highest BCUT2D eigenvalue weighted by atomic mass is 14.9. The average Bonchev–Trinajstić information content (AvgIpc) is 2.36. The average molecular weight is 247 g/mol. The minimum absolute atomic E-state index is 0.585. The van der Waals surface area contributed by atoms with Crippen molar-refractivity contribution in [1.82, 2.24) is 15.3 Å². The molecule has 1 aliphatic rings. The van der Waals surface area contributed by atoms with E-state index in [-0.39, 0.29) is 0 Å². The topological polar surface area (TPSA) is 37.8 Å². The standard InChI is InChI=1S/C15H25N3/c1-4-16-10-14-9-12(3)17-15(18-14)13-7-5-11(2)6-8-13/h9,11,13,16H,4-8,10H2,1-3H3. The first-order chi connectivity index (χ1) is 8.69. The van der Waals surface area contributed by atoms with Crippen molar-refractivity contribution >= 4 is 0 Å². The van der Waals surface area contributed by atoms with E-state index in [1.54, 1.807) is 0 Å². The molecule has 1 aliphatic carbocycles. The molecule has 3 nitrogen and oxygen atoms in total. The fourth-order valence-electron chi connectivity index (χ4n) is 2.70. The maximum absolute atomic E-state index is 4.75. The van der Waals surface area contributed by atoms with Gasteiger partial charge in [0, 0.05) is 18.2 Å². The number of rotatable bonds is 4. The molecule has 0 aliphatic heterocycles. The van der Waals surface area contributed by atoms with Gasteiger partial charge in [-0.1, -0.05) is 26.7 Å². The van der Waals surface area contributed by atoms with Gasteiger partial charge in [-0.25, -0.2) is 9.97 Å². The number of hydrogen-bond donors (Lipinski definition) is 1. The number of nitrogens with zero attached hydrogens (tertiary/aromatic N) is 2. The number of nitrogens with one attached hydrogen (secondary N) is 1. The lowest BCUT2D eigenvalue weighted by Crippen LogP contribution is -2.17. The Labute approximate surface area is 110 Å². The minimum Gasteiger partial charge on any atom is -0.311 e. The minimum atomic E-state index is 0.585. The third-order valence-corrected chi connectivity index (χ3v) is 3.86. The predicted molar refractivity (Wildman–Crippen MR) is 74.5 cm³/mol. The van der Waals surface area contributed by atoms with Crippen LogP contribution in [0.4, 0.5) is 0 Å². The monoisotopic (exact) mass is 247 g/mol. The largest absolute Gasteiger partial charge is 0.311 e. The summed E-state index contributed by atoms with van der Waals surface area (Å²) < 4.78 is 0.